The second kappa shape index (κ2) is 4.47. The molecule has 0 aromatic carbocycles. The third kappa shape index (κ3) is 2.08. The number of hydrogen-bond donors (Lipinski definition) is 2. The summed E-state index contributed by atoms with van der Waals surface area (Å²) in [4.78, 5) is 23.3. The van der Waals surface area contributed by atoms with Crippen LogP contribution in [0.2, 0.25) is 0 Å². The van der Waals surface area contributed by atoms with Gasteiger partial charge in [0.05, 0.1) is 12.4 Å². The summed E-state index contributed by atoms with van der Waals surface area (Å²) < 4.78 is 0. The van der Waals surface area contributed by atoms with Crippen molar-refractivity contribution >= 4 is 23.6 Å². The van der Waals surface area contributed by atoms with Crippen LogP contribution in [-0.2, 0) is 9.59 Å². The van der Waals surface area contributed by atoms with Gasteiger partial charge >= 0.3 is 5.97 Å². The Morgan fingerprint density at radius 3 is 2.71 bits per heavy atom. The summed E-state index contributed by atoms with van der Waals surface area (Å²) in [7, 11) is 1.41. The number of aliphatic hydroxyl groups excluding tert-OH is 1. The summed E-state index contributed by atoms with van der Waals surface area (Å²) in [5.41, 5.74) is 0.290. The molecule has 0 spiro atoms. The van der Waals surface area contributed by atoms with Gasteiger partial charge in [0.15, 0.2) is 0 Å². The molecule has 2 N–H and O–H groups in total. The Morgan fingerprint density at radius 2 is 2.21 bits per heavy atom. The van der Waals surface area contributed by atoms with E-state index in [0.717, 1.165) is 4.90 Å². The summed E-state index contributed by atoms with van der Waals surface area (Å²) in [6, 6.07) is 0. The van der Waals surface area contributed by atoms with Crippen LogP contribution in [0.5, 0.6) is 0 Å². The Labute approximate surface area is 85.4 Å². The number of carbonyl (C=O) groups is 2. The minimum atomic E-state index is -1.17. The van der Waals surface area contributed by atoms with Crippen molar-refractivity contribution in [2.75, 3.05) is 25.2 Å². The van der Waals surface area contributed by atoms with Crippen LogP contribution in [0, 0.1) is 0 Å². The highest BCUT2D eigenvalue weighted by Gasteiger charge is 2.26. The first-order valence-electron chi connectivity index (χ1n) is 3.98. The maximum atomic E-state index is 11.3. The largest absolute Gasteiger partial charge is 0.477 e. The number of carboxylic acid groups (broad SMARTS) is 1. The van der Waals surface area contributed by atoms with E-state index < -0.39 is 5.97 Å². The normalized spacial score (nSPS) is 18.4. The Bertz CT molecular complexity index is 300. The molecule has 14 heavy (non-hydrogen) atoms. The first kappa shape index (κ1) is 11.1. The van der Waals surface area contributed by atoms with E-state index in [2.05, 4.69) is 0 Å². The van der Waals surface area contributed by atoms with Gasteiger partial charge in [0.25, 0.3) is 0 Å². The van der Waals surface area contributed by atoms with Gasteiger partial charge < -0.3 is 15.1 Å². The van der Waals surface area contributed by atoms with Crippen LogP contribution in [0.25, 0.3) is 0 Å². The number of thioether (sulfide) groups is 1. The number of rotatable bonds is 2. The van der Waals surface area contributed by atoms with Crippen LogP contribution in [0.15, 0.2) is 11.3 Å². The molecule has 0 saturated carbocycles. The van der Waals surface area contributed by atoms with E-state index in [4.69, 9.17) is 10.2 Å². The molecule has 78 valence electrons. The van der Waals surface area contributed by atoms with Crippen LogP contribution in [0.4, 0.5) is 0 Å². The standard InChI is InChI=1S/C8H11NO4S/c1-9-6(11)4-14-3-5(2-10)7(9)8(12)13/h10H,2-4H2,1H3,(H,12,13). The van der Waals surface area contributed by atoms with E-state index >= 15 is 0 Å². The molecule has 0 radical (unpaired) electrons. The van der Waals surface area contributed by atoms with Gasteiger partial charge in [0, 0.05) is 12.8 Å². The zero-order valence-electron chi connectivity index (χ0n) is 7.69. The number of carboxylic acids is 1. The predicted molar refractivity (Wildman–Crippen MR) is 51.8 cm³/mol. The third-order valence-electron chi connectivity index (χ3n) is 1.94. The molecule has 0 atom stereocenters. The molecule has 5 nitrogen and oxygen atoms in total. The lowest BCUT2D eigenvalue weighted by atomic mass is 10.2. The van der Waals surface area contributed by atoms with Gasteiger partial charge in [-0.3, -0.25) is 4.79 Å². The molecular formula is C8H11NO4S. The van der Waals surface area contributed by atoms with Gasteiger partial charge in [-0.05, 0) is 5.57 Å². The van der Waals surface area contributed by atoms with Crippen LogP contribution in [0.3, 0.4) is 0 Å². The van der Waals surface area contributed by atoms with E-state index in [1.54, 1.807) is 0 Å². The maximum absolute atomic E-state index is 11.3. The minimum Gasteiger partial charge on any atom is -0.477 e. The van der Waals surface area contributed by atoms with Gasteiger partial charge in [-0.1, -0.05) is 0 Å². The Kier molecular flexibility index (Phi) is 3.54. The van der Waals surface area contributed by atoms with Gasteiger partial charge in [0.1, 0.15) is 5.70 Å². The molecule has 1 aliphatic rings. The summed E-state index contributed by atoms with van der Waals surface area (Å²) in [5, 5.41) is 17.8. The van der Waals surface area contributed by atoms with Crippen molar-refractivity contribution < 1.29 is 19.8 Å². The molecule has 0 fully saturated rings. The highest BCUT2D eigenvalue weighted by atomic mass is 32.2. The molecule has 1 aliphatic heterocycles. The Morgan fingerprint density at radius 1 is 1.57 bits per heavy atom. The molecule has 1 rings (SSSR count). The van der Waals surface area contributed by atoms with Crippen LogP contribution in [-0.4, -0.2) is 52.1 Å². The average molecular weight is 217 g/mol. The fourth-order valence-electron chi connectivity index (χ4n) is 1.20. The first-order valence-corrected chi connectivity index (χ1v) is 5.14. The quantitative estimate of drug-likeness (QED) is 0.653. The highest BCUT2D eigenvalue weighted by Crippen LogP contribution is 2.20. The van der Waals surface area contributed by atoms with E-state index in [9.17, 15) is 9.59 Å². The number of aliphatic hydroxyl groups is 1. The number of likely N-dealkylation sites (N-methyl/N-ethyl adjacent to an activating group) is 1. The molecule has 1 heterocycles. The number of carbonyl (C=O) groups excluding carboxylic acids is 1. The lowest BCUT2D eigenvalue weighted by Gasteiger charge is -2.16. The summed E-state index contributed by atoms with van der Waals surface area (Å²) >= 11 is 1.31. The fraction of sp³-hybridized carbons (Fsp3) is 0.500. The van der Waals surface area contributed by atoms with Crippen molar-refractivity contribution in [3.05, 3.63) is 11.3 Å². The number of aliphatic carboxylic acids is 1. The molecule has 0 saturated heterocycles. The maximum Gasteiger partial charge on any atom is 0.352 e. The number of amides is 1. The fourth-order valence-corrected chi connectivity index (χ4v) is 2.15. The molecule has 0 aliphatic carbocycles. The Hall–Kier alpha value is -1.01. The zero-order chi connectivity index (χ0) is 10.7. The summed E-state index contributed by atoms with van der Waals surface area (Å²) in [6.45, 7) is -0.327. The first-order chi connectivity index (χ1) is 6.57. The number of nitrogens with zero attached hydrogens (tertiary/aromatic N) is 1. The van der Waals surface area contributed by atoms with Crippen LogP contribution >= 0.6 is 11.8 Å². The van der Waals surface area contributed by atoms with E-state index in [1.807, 2.05) is 0 Å². The third-order valence-corrected chi connectivity index (χ3v) is 2.94. The molecule has 0 aromatic heterocycles. The van der Waals surface area contributed by atoms with E-state index in [-0.39, 0.29) is 24.0 Å². The highest BCUT2D eigenvalue weighted by molar-refractivity contribution is 8.00. The number of hydrogen-bond acceptors (Lipinski definition) is 4. The van der Waals surface area contributed by atoms with Crippen molar-refractivity contribution in [3.8, 4) is 0 Å². The van der Waals surface area contributed by atoms with Gasteiger partial charge in [-0.25, -0.2) is 4.79 Å². The summed E-state index contributed by atoms with van der Waals surface area (Å²) in [5.74, 6) is -0.798. The average Bonchev–Trinajstić information content (AvgIpc) is 2.27. The smallest absolute Gasteiger partial charge is 0.352 e. The topological polar surface area (TPSA) is 77.8 Å². The predicted octanol–water partition coefficient (Wildman–Crippen LogP) is -0.477. The zero-order valence-corrected chi connectivity index (χ0v) is 8.50. The second-order valence-corrected chi connectivity index (χ2v) is 3.85. The summed E-state index contributed by atoms with van der Waals surface area (Å²) in [6.07, 6.45) is 0. The molecular weight excluding hydrogens is 206 g/mol. The van der Waals surface area contributed by atoms with Gasteiger partial charge in [0.2, 0.25) is 5.91 Å². The molecule has 1 amide bonds. The van der Waals surface area contributed by atoms with E-state index in [0.29, 0.717) is 11.3 Å². The SMILES string of the molecule is CN1C(=O)CSCC(CO)=C1C(=O)O. The lowest BCUT2D eigenvalue weighted by Crippen LogP contribution is -2.31. The molecule has 0 bridgehead atoms. The monoisotopic (exact) mass is 217 g/mol. The van der Waals surface area contributed by atoms with Crippen LogP contribution in [0.1, 0.15) is 0 Å². The Balaban J connectivity index is 3.11. The van der Waals surface area contributed by atoms with Gasteiger partial charge in [-0.15, -0.1) is 11.8 Å². The van der Waals surface area contributed by atoms with Crippen molar-refractivity contribution in [1.29, 1.82) is 0 Å². The van der Waals surface area contributed by atoms with Gasteiger partial charge in [-0.2, -0.15) is 0 Å². The molecule has 0 aromatic rings. The van der Waals surface area contributed by atoms with Crippen molar-refractivity contribution in [1.82, 2.24) is 4.90 Å². The lowest BCUT2D eigenvalue weighted by molar-refractivity contribution is -0.138. The van der Waals surface area contributed by atoms with Crippen molar-refractivity contribution in [2.24, 2.45) is 0 Å². The molecule has 0 unspecified atom stereocenters. The minimum absolute atomic E-state index is 0.0949. The molecule has 6 heteroatoms. The van der Waals surface area contributed by atoms with Crippen LogP contribution < -0.4 is 0 Å². The van der Waals surface area contributed by atoms with Crippen molar-refractivity contribution in [3.63, 3.8) is 0 Å². The van der Waals surface area contributed by atoms with Crippen molar-refractivity contribution in [2.45, 2.75) is 0 Å². The second-order valence-electron chi connectivity index (χ2n) is 2.86. The van der Waals surface area contributed by atoms with E-state index in [1.165, 1.54) is 18.8 Å².